The number of piperidine rings is 1. The number of rotatable bonds is 6. The minimum atomic E-state index is -0.0238. The van der Waals surface area contributed by atoms with Gasteiger partial charge in [-0.25, -0.2) is 9.97 Å². The van der Waals surface area contributed by atoms with Gasteiger partial charge in [0.15, 0.2) is 0 Å². The lowest BCUT2D eigenvalue weighted by atomic mass is 9.99. The van der Waals surface area contributed by atoms with Crippen LogP contribution in [0.1, 0.15) is 51.4 Å². The summed E-state index contributed by atoms with van der Waals surface area (Å²) in [5.74, 6) is 2.06. The summed E-state index contributed by atoms with van der Waals surface area (Å²) in [6, 6.07) is 7.73. The monoisotopic (exact) mass is 441 g/mol. The summed E-state index contributed by atoms with van der Waals surface area (Å²) in [6.45, 7) is 2.64. The Labute approximate surface area is 189 Å². The van der Waals surface area contributed by atoms with E-state index >= 15 is 0 Å². The van der Waals surface area contributed by atoms with Crippen LogP contribution in [-0.4, -0.2) is 35.5 Å². The van der Waals surface area contributed by atoms with E-state index in [4.69, 9.17) is 16.6 Å². The summed E-state index contributed by atoms with van der Waals surface area (Å²) in [5.41, 5.74) is 1.54. The molecule has 2 aliphatic rings. The van der Waals surface area contributed by atoms with Gasteiger partial charge in [0.25, 0.3) is 0 Å². The van der Waals surface area contributed by atoms with Crippen molar-refractivity contribution in [3.8, 4) is 11.3 Å². The molecule has 0 bridgehead atoms. The Kier molecular flexibility index (Phi) is 7.76. The SMILES string of the molecule is O=C(Nc1cc(-c2cccc(NCC3CCCCCC3)n2)c(Cl)cn1)C1CCCNC1. The maximum atomic E-state index is 12.6. The zero-order valence-electron chi connectivity index (χ0n) is 18.0. The van der Waals surface area contributed by atoms with E-state index in [-0.39, 0.29) is 11.8 Å². The van der Waals surface area contributed by atoms with Gasteiger partial charge in [0.05, 0.1) is 16.6 Å². The lowest BCUT2D eigenvalue weighted by Gasteiger charge is -2.21. The molecule has 1 saturated heterocycles. The van der Waals surface area contributed by atoms with Crippen LogP contribution < -0.4 is 16.0 Å². The Bertz CT molecular complexity index is 876. The number of hydrogen-bond donors (Lipinski definition) is 3. The van der Waals surface area contributed by atoms with Crippen LogP contribution in [0, 0.1) is 11.8 Å². The molecule has 1 aliphatic carbocycles. The van der Waals surface area contributed by atoms with E-state index in [1.165, 1.54) is 38.5 Å². The normalized spacial score (nSPS) is 20.1. The van der Waals surface area contributed by atoms with E-state index in [1.807, 2.05) is 24.3 Å². The Hall–Kier alpha value is -2.18. The predicted octanol–water partition coefficient (Wildman–Crippen LogP) is 5.12. The number of halogens is 1. The van der Waals surface area contributed by atoms with Crippen molar-refractivity contribution in [2.45, 2.75) is 51.4 Å². The van der Waals surface area contributed by atoms with Crippen molar-refractivity contribution in [2.75, 3.05) is 30.3 Å². The Morgan fingerprint density at radius 1 is 1.10 bits per heavy atom. The average molecular weight is 442 g/mol. The highest BCUT2D eigenvalue weighted by atomic mass is 35.5. The fourth-order valence-electron chi connectivity index (χ4n) is 4.51. The number of pyridine rings is 2. The molecule has 7 heteroatoms. The van der Waals surface area contributed by atoms with Crippen molar-refractivity contribution in [3.63, 3.8) is 0 Å². The Morgan fingerprint density at radius 3 is 2.71 bits per heavy atom. The highest BCUT2D eigenvalue weighted by molar-refractivity contribution is 6.33. The molecular formula is C24H32ClN5O. The van der Waals surface area contributed by atoms with Crippen molar-refractivity contribution in [2.24, 2.45) is 11.8 Å². The summed E-state index contributed by atoms with van der Waals surface area (Å²) in [5, 5.41) is 10.3. The highest BCUT2D eigenvalue weighted by Crippen LogP contribution is 2.29. The molecule has 0 aromatic carbocycles. The second kappa shape index (κ2) is 10.9. The molecule has 31 heavy (non-hydrogen) atoms. The second-order valence-corrected chi connectivity index (χ2v) is 9.14. The van der Waals surface area contributed by atoms with Crippen LogP contribution in [0.25, 0.3) is 11.3 Å². The van der Waals surface area contributed by atoms with Gasteiger partial charge in [0.2, 0.25) is 5.91 Å². The van der Waals surface area contributed by atoms with Crippen LogP contribution in [0.2, 0.25) is 5.02 Å². The summed E-state index contributed by atoms with van der Waals surface area (Å²) < 4.78 is 0. The molecule has 1 atom stereocenters. The molecule has 0 radical (unpaired) electrons. The molecule has 1 aliphatic heterocycles. The fraction of sp³-hybridized carbons (Fsp3) is 0.542. The van der Waals surface area contributed by atoms with E-state index in [2.05, 4.69) is 20.9 Å². The van der Waals surface area contributed by atoms with Crippen molar-refractivity contribution in [3.05, 3.63) is 35.5 Å². The zero-order chi connectivity index (χ0) is 21.5. The van der Waals surface area contributed by atoms with Crippen molar-refractivity contribution >= 4 is 29.1 Å². The number of hydrogen-bond acceptors (Lipinski definition) is 5. The fourth-order valence-corrected chi connectivity index (χ4v) is 4.71. The molecule has 1 unspecified atom stereocenters. The van der Waals surface area contributed by atoms with Crippen LogP contribution >= 0.6 is 11.6 Å². The topological polar surface area (TPSA) is 78.9 Å². The summed E-state index contributed by atoms with van der Waals surface area (Å²) in [4.78, 5) is 21.6. The number of amides is 1. The lowest BCUT2D eigenvalue weighted by molar-refractivity contribution is -0.120. The third kappa shape index (κ3) is 6.17. The van der Waals surface area contributed by atoms with E-state index in [0.717, 1.165) is 43.0 Å². The maximum absolute atomic E-state index is 12.6. The first-order chi connectivity index (χ1) is 15.2. The third-order valence-electron chi connectivity index (χ3n) is 6.35. The second-order valence-electron chi connectivity index (χ2n) is 8.73. The number of carbonyl (C=O) groups excluding carboxylic acids is 1. The molecule has 2 aromatic rings. The maximum Gasteiger partial charge on any atom is 0.229 e. The molecular weight excluding hydrogens is 410 g/mol. The minimum absolute atomic E-state index is 0.000232. The number of aromatic nitrogens is 2. The molecule has 2 fully saturated rings. The van der Waals surface area contributed by atoms with Gasteiger partial charge in [-0.1, -0.05) is 43.4 Å². The molecule has 166 valence electrons. The standard InChI is InChI=1S/C24H32ClN5O/c25-20-16-28-23(30-24(31)18-9-6-12-26-15-18)13-19(20)21-10-5-11-22(29-21)27-14-17-7-3-1-2-4-8-17/h5,10-11,13,16-18,26H,1-4,6-9,12,14-15H2,(H,27,29)(H,28,30,31). The molecule has 0 spiro atoms. The molecule has 1 amide bonds. The Morgan fingerprint density at radius 2 is 1.94 bits per heavy atom. The van der Waals surface area contributed by atoms with Crippen LogP contribution in [0.15, 0.2) is 30.5 Å². The predicted molar refractivity (Wildman–Crippen MR) is 126 cm³/mol. The van der Waals surface area contributed by atoms with Gasteiger partial charge in [0.1, 0.15) is 11.6 Å². The summed E-state index contributed by atoms with van der Waals surface area (Å²) >= 11 is 6.44. The highest BCUT2D eigenvalue weighted by Gasteiger charge is 2.21. The molecule has 1 saturated carbocycles. The van der Waals surface area contributed by atoms with Gasteiger partial charge < -0.3 is 16.0 Å². The molecule has 4 rings (SSSR count). The van der Waals surface area contributed by atoms with Crippen LogP contribution in [0.4, 0.5) is 11.6 Å². The molecule has 3 heterocycles. The molecule has 2 aromatic heterocycles. The first-order valence-corrected chi connectivity index (χ1v) is 12.0. The van der Waals surface area contributed by atoms with Gasteiger partial charge in [-0.05, 0) is 56.3 Å². The van der Waals surface area contributed by atoms with Crippen molar-refractivity contribution in [1.29, 1.82) is 0 Å². The van der Waals surface area contributed by atoms with E-state index in [9.17, 15) is 4.79 Å². The number of nitrogens with zero attached hydrogens (tertiary/aromatic N) is 2. The number of carbonyl (C=O) groups is 1. The van der Waals surface area contributed by atoms with Crippen molar-refractivity contribution < 1.29 is 4.79 Å². The number of anilines is 2. The minimum Gasteiger partial charge on any atom is -0.370 e. The van der Waals surface area contributed by atoms with Crippen molar-refractivity contribution in [1.82, 2.24) is 15.3 Å². The first-order valence-electron chi connectivity index (χ1n) is 11.6. The summed E-state index contributed by atoms with van der Waals surface area (Å²) in [7, 11) is 0. The third-order valence-corrected chi connectivity index (χ3v) is 6.65. The largest absolute Gasteiger partial charge is 0.370 e. The first kappa shape index (κ1) is 22.0. The van der Waals surface area contributed by atoms with E-state index in [0.29, 0.717) is 23.3 Å². The van der Waals surface area contributed by atoms with Crippen LogP contribution in [-0.2, 0) is 4.79 Å². The van der Waals surface area contributed by atoms with Gasteiger partial charge in [-0.3, -0.25) is 4.79 Å². The van der Waals surface area contributed by atoms with Gasteiger partial charge in [0, 0.05) is 24.8 Å². The van der Waals surface area contributed by atoms with Gasteiger partial charge in [-0.15, -0.1) is 0 Å². The van der Waals surface area contributed by atoms with Gasteiger partial charge in [-0.2, -0.15) is 0 Å². The summed E-state index contributed by atoms with van der Waals surface area (Å²) in [6.07, 6.45) is 11.5. The molecule has 3 N–H and O–H groups in total. The van der Waals surface area contributed by atoms with Gasteiger partial charge >= 0.3 is 0 Å². The smallest absolute Gasteiger partial charge is 0.229 e. The number of nitrogens with one attached hydrogen (secondary N) is 3. The zero-order valence-corrected chi connectivity index (χ0v) is 18.8. The van der Waals surface area contributed by atoms with Crippen LogP contribution in [0.3, 0.4) is 0 Å². The molecule has 6 nitrogen and oxygen atoms in total. The van der Waals surface area contributed by atoms with Crippen LogP contribution in [0.5, 0.6) is 0 Å². The van der Waals surface area contributed by atoms with E-state index in [1.54, 1.807) is 6.20 Å². The Balaban J connectivity index is 1.44. The average Bonchev–Trinajstić information content (AvgIpc) is 3.09. The lowest BCUT2D eigenvalue weighted by Crippen LogP contribution is -2.37. The quantitative estimate of drug-likeness (QED) is 0.542. The van der Waals surface area contributed by atoms with E-state index < -0.39 is 0 Å².